The number of hydrogen-bond donors (Lipinski definition) is 2. The van der Waals surface area contributed by atoms with E-state index in [2.05, 4.69) is 15.3 Å². The Hall–Kier alpha value is -2.74. The highest BCUT2D eigenvalue weighted by Crippen LogP contribution is 2.31. The molecule has 7 nitrogen and oxygen atoms in total. The number of aromatic amines is 1. The van der Waals surface area contributed by atoms with Crippen molar-refractivity contribution in [3.05, 3.63) is 55.7 Å². The van der Waals surface area contributed by atoms with Crippen molar-refractivity contribution < 1.29 is 4.79 Å². The first-order chi connectivity index (χ1) is 13.9. The number of rotatable bonds is 4. The normalized spacial score (nSPS) is 19.4. The van der Waals surface area contributed by atoms with Gasteiger partial charge in [0.25, 0.3) is 5.56 Å². The zero-order valence-corrected chi connectivity index (χ0v) is 17.3. The first kappa shape index (κ1) is 19.6. The fourth-order valence-electron chi connectivity index (χ4n) is 3.96. The number of para-hydroxylation sites is 1. The summed E-state index contributed by atoms with van der Waals surface area (Å²) in [4.78, 5) is 45.9. The molecule has 0 saturated heterocycles. The average Bonchev–Trinajstić information content (AvgIpc) is 3.02. The van der Waals surface area contributed by atoms with Gasteiger partial charge >= 0.3 is 5.69 Å². The zero-order chi connectivity index (χ0) is 20.5. The molecule has 0 unspecified atom stereocenters. The minimum absolute atomic E-state index is 0.0120. The smallest absolute Gasteiger partial charge is 0.307 e. The van der Waals surface area contributed by atoms with Gasteiger partial charge in [0.1, 0.15) is 0 Å². The number of aryl methyl sites for hydroxylation is 2. The Kier molecular flexibility index (Phi) is 5.36. The quantitative estimate of drug-likeness (QED) is 0.688. The lowest BCUT2D eigenvalue weighted by molar-refractivity contribution is -0.121. The monoisotopic (exact) mass is 412 g/mol. The lowest BCUT2D eigenvalue weighted by Crippen LogP contribution is -2.38. The maximum absolute atomic E-state index is 12.7. The Balaban J connectivity index is 1.40. The summed E-state index contributed by atoms with van der Waals surface area (Å²) in [6.45, 7) is 4.31. The van der Waals surface area contributed by atoms with E-state index in [-0.39, 0.29) is 29.0 Å². The summed E-state index contributed by atoms with van der Waals surface area (Å²) in [5.74, 6) is 0.170. The molecule has 0 aliphatic heterocycles. The molecule has 0 radical (unpaired) electrons. The van der Waals surface area contributed by atoms with Crippen molar-refractivity contribution in [2.24, 2.45) is 11.8 Å². The average molecular weight is 413 g/mol. The molecular formula is C21H24N4O3S. The molecule has 1 amide bonds. The van der Waals surface area contributed by atoms with Crippen molar-refractivity contribution in [1.29, 1.82) is 0 Å². The van der Waals surface area contributed by atoms with Crippen molar-refractivity contribution >= 4 is 33.3 Å². The van der Waals surface area contributed by atoms with Crippen LogP contribution in [0.25, 0.3) is 10.9 Å². The molecule has 2 aromatic heterocycles. The maximum atomic E-state index is 12.7. The fourth-order valence-corrected chi connectivity index (χ4v) is 4.78. The molecule has 1 aliphatic rings. The Bertz CT molecular complexity index is 1150. The summed E-state index contributed by atoms with van der Waals surface area (Å²) < 4.78 is 1.30. The molecule has 152 valence electrons. The number of thiazole rings is 1. The van der Waals surface area contributed by atoms with Gasteiger partial charge in [-0.05, 0) is 57.6 Å². The Morgan fingerprint density at radius 3 is 2.62 bits per heavy atom. The molecule has 0 spiro atoms. The standard InChI is InChI=1S/C21H24N4O3S/c1-12-13(2)29-20(22-12)24-18(26)15-9-7-14(8-10-15)11-25-19(27)16-5-3-4-6-17(16)23-21(25)28/h3-6,14-15H,7-11H2,1-2H3,(H,23,28)(H,22,24,26). The molecule has 1 saturated carbocycles. The fraction of sp³-hybridized carbons (Fsp3) is 0.429. The minimum Gasteiger partial charge on any atom is -0.307 e. The number of amides is 1. The van der Waals surface area contributed by atoms with Gasteiger partial charge in [-0.15, -0.1) is 11.3 Å². The van der Waals surface area contributed by atoms with Crippen LogP contribution in [-0.2, 0) is 11.3 Å². The molecule has 8 heteroatoms. The highest BCUT2D eigenvalue weighted by molar-refractivity contribution is 7.15. The van der Waals surface area contributed by atoms with Gasteiger partial charge in [0, 0.05) is 17.3 Å². The summed E-state index contributed by atoms with van der Waals surface area (Å²) in [7, 11) is 0. The number of nitrogens with zero attached hydrogens (tertiary/aromatic N) is 2. The van der Waals surface area contributed by atoms with E-state index in [4.69, 9.17) is 0 Å². The molecule has 1 fully saturated rings. The molecule has 29 heavy (non-hydrogen) atoms. The van der Waals surface area contributed by atoms with E-state index in [0.717, 1.165) is 36.3 Å². The number of carbonyl (C=O) groups excluding carboxylic acids is 1. The maximum Gasteiger partial charge on any atom is 0.328 e. The molecule has 4 rings (SSSR count). The van der Waals surface area contributed by atoms with E-state index >= 15 is 0 Å². The Labute approximate surface area is 171 Å². The number of carbonyl (C=O) groups is 1. The highest BCUT2D eigenvalue weighted by Gasteiger charge is 2.27. The second-order valence-corrected chi connectivity index (χ2v) is 8.96. The van der Waals surface area contributed by atoms with E-state index in [1.807, 2.05) is 13.8 Å². The van der Waals surface area contributed by atoms with Gasteiger partial charge in [0.05, 0.1) is 16.6 Å². The van der Waals surface area contributed by atoms with Crippen LogP contribution in [0.3, 0.4) is 0 Å². The van der Waals surface area contributed by atoms with Gasteiger partial charge in [-0.25, -0.2) is 9.78 Å². The molecular weight excluding hydrogens is 388 g/mol. The number of nitrogens with one attached hydrogen (secondary N) is 2. The van der Waals surface area contributed by atoms with Crippen LogP contribution in [0.1, 0.15) is 36.3 Å². The van der Waals surface area contributed by atoms with Crippen molar-refractivity contribution in [3.8, 4) is 0 Å². The van der Waals surface area contributed by atoms with Gasteiger partial charge in [0.2, 0.25) is 5.91 Å². The number of anilines is 1. The molecule has 0 bridgehead atoms. The lowest BCUT2D eigenvalue weighted by Gasteiger charge is -2.27. The van der Waals surface area contributed by atoms with E-state index < -0.39 is 0 Å². The first-order valence-electron chi connectivity index (χ1n) is 9.89. The number of H-pyrrole nitrogens is 1. The van der Waals surface area contributed by atoms with Gasteiger partial charge in [-0.1, -0.05) is 12.1 Å². The van der Waals surface area contributed by atoms with Crippen LogP contribution >= 0.6 is 11.3 Å². The van der Waals surface area contributed by atoms with Crippen LogP contribution in [0.15, 0.2) is 33.9 Å². The predicted molar refractivity (Wildman–Crippen MR) is 114 cm³/mol. The largest absolute Gasteiger partial charge is 0.328 e. The van der Waals surface area contributed by atoms with Gasteiger partial charge < -0.3 is 10.3 Å². The summed E-state index contributed by atoms with van der Waals surface area (Å²) in [6.07, 6.45) is 3.12. The molecule has 2 heterocycles. The summed E-state index contributed by atoms with van der Waals surface area (Å²) in [5.41, 5.74) is 0.883. The lowest BCUT2D eigenvalue weighted by atomic mass is 9.81. The highest BCUT2D eigenvalue weighted by atomic mass is 32.1. The van der Waals surface area contributed by atoms with E-state index in [0.29, 0.717) is 22.6 Å². The van der Waals surface area contributed by atoms with Gasteiger partial charge in [0.15, 0.2) is 5.13 Å². The topological polar surface area (TPSA) is 96.8 Å². The summed E-state index contributed by atoms with van der Waals surface area (Å²) in [6, 6.07) is 7.05. The zero-order valence-electron chi connectivity index (χ0n) is 16.5. The van der Waals surface area contributed by atoms with Crippen LogP contribution < -0.4 is 16.6 Å². The molecule has 1 aliphatic carbocycles. The molecule has 2 N–H and O–H groups in total. The van der Waals surface area contributed by atoms with Crippen molar-refractivity contribution in [2.45, 2.75) is 46.1 Å². The van der Waals surface area contributed by atoms with Crippen LogP contribution in [0.4, 0.5) is 5.13 Å². The van der Waals surface area contributed by atoms with Gasteiger partial charge in [-0.2, -0.15) is 0 Å². The SMILES string of the molecule is Cc1nc(NC(=O)C2CCC(Cn3c(=O)[nH]c4ccccc4c3=O)CC2)sc1C. The first-order valence-corrected chi connectivity index (χ1v) is 10.7. The predicted octanol–water partition coefficient (Wildman–Crippen LogP) is 3.21. The van der Waals surface area contributed by atoms with Crippen molar-refractivity contribution in [1.82, 2.24) is 14.5 Å². The van der Waals surface area contributed by atoms with Crippen molar-refractivity contribution in [2.75, 3.05) is 5.32 Å². The number of hydrogen-bond acceptors (Lipinski definition) is 5. The third-order valence-electron chi connectivity index (χ3n) is 5.81. The van der Waals surface area contributed by atoms with Crippen molar-refractivity contribution in [3.63, 3.8) is 0 Å². The van der Waals surface area contributed by atoms with Gasteiger partial charge in [-0.3, -0.25) is 14.2 Å². The minimum atomic E-state index is -0.372. The van der Waals surface area contributed by atoms with Crippen LogP contribution in [-0.4, -0.2) is 20.4 Å². The molecule has 0 atom stereocenters. The van der Waals surface area contributed by atoms with Crippen LogP contribution in [0.2, 0.25) is 0 Å². The molecule has 3 aromatic rings. The Morgan fingerprint density at radius 1 is 1.21 bits per heavy atom. The Morgan fingerprint density at radius 2 is 1.93 bits per heavy atom. The van der Waals surface area contributed by atoms with E-state index in [9.17, 15) is 14.4 Å². The third-order valence-corrected chi connectivity index (χ3v) is 6.79. The molecule has 1 aromatic carbocycles. The summed E-state index contributed by atoms with van der Waals surface area (Å²) >= 11 is 1.49. The number of fused-ring (bicyclic) bond motifs is 1. The number of benzene rings is 1. The van der Waals surface area contributed by atoms with E-state index in [1.165, 1.54) is 15.9 Å². The van der Waals surface area contributed by atoms with E-state index in [1.54, 1.807) is 24.3 Å². The summed E-state index contributed by atoms with van der Waals surface area (Å²) in [5, 5.41) is 4.11. The second kappa shape index (κ2) is 7.94. The third kappa shape index (κ3) is 4.03. The van der Waals surface area contributed by atoms with Crippen LogP contribution in [0.5, 0.6) is 0 Å². The van der Waals surface area contributed by atoms with Crippen LogP contribution in [0, 0.1) is 25.7 Å². The second-order valence-electron chi connectivity index (χ2n) is 7.76. The number of aromatic nitrogens is 3.